The quantitative estimate of drug-likeness (QED) is 0.686. The Morgan fingerprint density at radius 2 is 2.23 bits per heavy atom. The molecule has 0 radical (unpaired) electrons. The number of carbonyl (C=O) groups is 1. The first kappa shape index (κ1) is 9.82. The van der Waals surface area contributed by atoms with Crippen molar-refractivity contribution in [3.63, 3.8) is 0 Å². The fourth-order valence-electron chi connectivity index (χ4n) is 0.969. The largest absolute Gasteiger partial charge is 0.478 e. The normalized spacial score (nSPS) is 28.2. The van der Waals surface area contributed by atoms with Crippen LogP contribution in [0.4, 0.5) is 13.2 Å². The number of nitrogens with zero attached hydrogens (tertiary/aromatic N) is 1. The minimum atomic E-state index is -4.96. The van der Waals surface area contributed by atoms with E-state index in [1.807, 2.05) is 0 Å². The lowest BCUT2D eigenvalue weighted by Crippen LogP contribution is -2.52. The summed E-state index contributed by atoms with van der Waals surface area (Å²) in [5.41, 5.74) is -3.17. The van der Waals surface area contributed by atoms with Gasteiger partial charge in [0.1, 0.15) is 0 Å². The van der Waals surface area contributed by atoms with Crippen LogP contribution in [-0.2, 0) is 9.63 Å². The van der Waals surface area contributed by atoms with Crippen LogP contribution in [0, 0.1) is 0 Å². The van der Waals surface area contributed by atoms with Crippen molar-refractivity contribution < 1.29 is 27.9 Å². The minimum Gasteiger partial charge on any atom is -0.478 e. The third-order valence-corrected chi connectivity index (χ3v) is 1.67. The second-order valence-electron chi connectivity index (χ2n) is 2.72. The van der Waals surface area contributed by atoms with Crippen molar-refractivity contribution in [3.8, 4) is 0 Å². The SMILES string of the molecule is CC1=NOC(C(=O)O)(C(F)(F)F)C1. The van der Waals surface area contributed by atoms with Gasteiger partial charge in [0.25, 0.3) is 0 Å². The lowest BCUT2D eigenvalue weighted by Gasteiger charge is -2.23. The number of hydrogen-bond acceptors (Lipinski definition) is 3. The van der Waals surface area contributed by atoms with Gasteiger partial charge in [-0.25, -0.2) is 4.79 Å². The first-order valence-electron chi connectivity index (χ1n) is 3.31. The van der Waals surface area contributed by atoms with E-state index in [2.05, 4.69) is 9.99 Å². The first-order chi connectivity index (χ1) is 5.79. The molecular weight excluding hydrogens is 191 g/mol. The highest BCUT2D eigenvalue weighted by Crippen LogP contribution is 2.40. The Kier molecular flexibility index (Phi) is 1.97. The predicted molar refractivity (Wildman–Crippen MR) is 35.2 cm³/mol. The molecule has 0 amide bonds. The van der Waals surface area contributed by atoms with E-state index in [4.69, 9.17) is 5.11 Å². The summed E-state index contributed by atoms with van der Waals surface area (Å²) >= 11 is 0. The minimum absolute atomic E-state index is 0.0136. The third-order valence-electron chi connectivity index (χ3n) is 1.67. The van der Waals surface area contributed by atoms with Crippen molar-refractivity contribution in [1.82, 2.24) is 0 Å². The molecule has 1 N–H and O–H groups in total. The number of carboxylic acids is 1. The maximum absolute atomic E-state index is 12.3. The van der Waals surface area contributed by atoms with Crippen molar-refractivity contribution in [2.45, 2.75) is 25.1 Å². The number of hydrogen-bond donors (Lipinski definition) is 1. The van der Waals surface area contributed by atoms with E-state index in [-0.39, 0.29) is 5.71 Å². The summed E-state index contributed by atoms with van der Waals surface area (Å²) in [4.78, 5) is 14.3. The van der Waals surface area contributed by atoms with Crippen LogP contribution < -0.4 is 0 Å². The Balaban J connectivity index is 3.01. The summed E-state index contributed by atoms with van der Waals surface area (Å²) in [6.45, 7) is 1.27. The van der Waals surface area contributed by atoms with Crippen molar-refractivity contribution >= 4 is 11.7 Å². The summed E-state index contributed by atoms with van der Waals surface area (Å²) < 4.78 is 36.8. The van der Waals surface area contributed by atoms with Gasteiger partial charge in [-0.3, -0.25) is 0 Å². The van der Waals surface area contributed by atoms with E-state index >= 15 is 0 Å². The zero-order valence-electron chi connectivity index (χ0n) is 6.55. The maximum Gasteiger partial charge on any atom is 0.442 e. The fraction of sp³-hybridized carbons (Fsp3) is 0.667. The van der Waals surface area contributed by atoms with Gasteiger partial charge >= 0.3 is 17.7 Å². The fourth-order valence-corrected chi connectivity index (χ4v) is 0.969. The standard InChI is InChI=1S/C6H6F3NO3/c1-3-2-5(4(11)12,13-10-3)6(7,8)9/h2H2,1H3,(H,11,12). The second-order valence-corrected chi connectivity index (χ2v) is 2.72. The zero-order valence-corrected chi connectivity index (χ0v) is 6.55. The molecule has 1 rings (SSSR count). The lowest BCUT2D eigenvalue weighted by atomic mass is 9.97. The summed E-state index contributed by atoms with van der Waals surface area (Å²) in [6.07, 6.45) is -5.72. The lowest BCUT2D eigenvalue weighted by molar-refractivity contribution is -0.267. The topological polar surface area (TPSA) is 58.9 Å². The molecule has 74 valence electrons. The highest BCUT2D eigenvalue weighted by Gasteiger charge is 2.66. The summed E-state index contributed by atoms with van der Waals surface area (Å²) in [5.74, 6) is -2.07. The van der Waals surface area contributed by atoms with Gasteiger partial charge < -0.3 is 9.94 Å². The summed E-state index contributed by atoms with van der Waals surface area (Å²) in [7, 11) is 0. The van der Waals surface area contributed by atoms with Gasteiger partial charge in [0.2, 0.25) is 0 Å². The number of halogens is 3. The van der Waals surface area contributed by atoms with Crippen molar-refractivity contribution in [2.75, 3.05) is 0 Å². The van der Waals surface area contributed by atoms with Crippen molar-refractivity contribution in [3.05, 3.63) is 0 Å². The van der Waals surface area contributed by atoms with Crippen LogP contribution in [-0.4, -0.2) is 28.6 Å². The Bertz CT molecular complexity index is 273. The van der Waals surface area contributed by atoms with Gasteiger partial charge in [-0.15, -0.1) is 0 Å². The van der Waals surface area contributed by atoms with Gasteiger partial charge in [-0.05, 0) is 6.92 Å². The predicted octanol–water partition coefficient (Wildman–Crippen LogP) is 1.17. The van der Waals surface area contributed by atoms with Gasteiger partial charge in [0.05, 0.1) is 12.1 Å². The molecule has 13 heavy (non-hydrogen) atoms. The van der Waals surface area contributed by atoms with Crippen LogP contribution in [0.5, 0.6) is 0 Å². The molecule has 1 aliphatic rings. The number of aliphatic carboxylic acids is 1. The molecular formula is C6H6F3NO3. The van der Waals surface area contributed by atoms with Crippen LogP contribution >= 0.6 is 0 Å². The molecule has 0 aliphatic carbocycles. The van der Waals surface area contributed by atoms with Gasteiger partial charge in [-0.1, -0.05) is 5.16 Å². The Morgan fingerprint density at radius 1 is 1.69 bits per heavy atom. The third kappa shape index (κ3) is 1.34. The highest BCUT2D eigenvalue weighted by molar-refractivity contribution is 5.92. The molecule has 1 heterocycles. The van der Waals surface area contributed by atoms with Crippen LogP contribution in [0.3, 0.4) is 0 Å². The molecule has 0 aromatic heterocycles. The summed E-state index contributed by atoms with van der Waals surface area (Å²) in [6, 6.07) is 0. The number of oxime groups is 1. The smallest absolute Gasteiger partial charge is 0.442 e. The van der Waals surface area contributed by atoms with Crippen LogP contribution in [0.1, 0.15) is 13.3 Å². The van der Waals surface area contributed by atoms with Gasteiger partial charge in [0, 0.05) is 0 Å². The molecule has 0 aromatic rings. The van der Waals surface area contributed by atoms with Gasteiger partial charge in [-0.2, -0.15) is 13.2 Å². The van der Waals surface area contributed by atoms with E-state index in [9.17, 15) is 18.0 Å². The Morgan fingerprint density at radius 3 is 2.38 bits per heavy atom. The molecule has 4 nitrogen and oxygen atoms in total. The Labute approximate surface area is 71.0 Å². The molecule has 0 bridgehead atoms. The molecule has 0 aromatic carbocycles. The van der Waals surface area contributed by atoms with Crippen molar-refractivity contribution in [2.24, 2.45) is 5.16 Å². The maximum atomic E-state index is 12.3. The average Bonchev–Trinajstić information content (AvgIpc) is 2.30. The molecule has 7 heteroatoms. The molecule has 1 unspecified atom stereocenters. The molecule has 0 fully saturated rings. The van der Waals surface area contributed by atoms with E-state index in [1.165, 1.54) is 6.92 Å². The van der Waals surface area contributed by atoms with Crippen molar-refractivity contribution in [1.29, 1.82) is 0 Å². The van der Waals surface area contributed by atoms with E-state index < -0.39 is 24.2 Å². The zero-order chi connectivity index (χ0) is 10.3. The monoisotopic (exact) mass is 197 g/mol. The Hall–Kier alpha value is -1.27. The molecule has 0 spiro atoms. The van der Waals surface area contributed by atoms with Crippen LogP contribution in [0.2, 0.25) is 0 Å². The first-order valence-corrected chi connectivity index (χ1v) is 3.31. The number of carboxylic acid groups (broad SMARTS) is 1. The molecule has 1 atom stereocenters. The molecule has 1 aliphatic heterocycles. The van der Waals surface area contributed by atoms with E-state index in [0.29, 0.717) is 0 Å². The highest BCUT2D eigenvalue weighted by atomic mass is 19.4. The van der Waals surface area contributed by atoms with Gasteiger partial charge in [0.15, 0.2) is 0 Å². The van der Waals surface area contributed by atoms with E-state index in [0.717, 1.165) is 0 Å². The van der Waals surface area contributed by atoms with E-state index in [1.54, 1.807) is 0 Å². The second kappa shape index (κ2) is 2.61. The molecule has 0 saturated carbocycles. The number of rotatable bonds is 1. The number of alkyl halides is 3. The van der Waals surface area contributed by atoms with Crippen LogP contribution in [0.25, 0.3) is 0 Å². The molecule has 0 saturated heterocycles. The van der Waals surface area contributed by atoms with Crippen LogP contribution in [0.15, 0.2) is 5.16 Å². The average molecular weight is 197 g/mol. The summed E-state index contributed by atoms with van der Waals surface area (Å²) in [5, 5.41) is 11.4.